The molecule has 8 nitrogen and oxygen atoms in total. The first-order valence-corrected chi connectivity index (χ1v) is 8.76. The molecular weight excluding hydrogens is 352 g/mol. The SMILES string of the molecule is CCCOc1ccc([C@@H]2NC(=O)NC(C)=C2C(=O)OCCOC)cc1OC. The minimum atomic E-state index is -0.664. The molecule has 1 atom stereocenters. The van der Waals surface area contributed by atoms with Crippen molar-refractivity contribution < 1.29 is 28.5 Å². The second kappa shape index (κ2) is 9.82. The zero-order valence-electron chi connectivity index (χ0n) is 16.1. The average molecular weight is 378 g/mol. The third kappa shape index (κ3) is 5.13. The highest BCUT2D eigenvalue weighted by atomic mass is 16.6. The van der Waals surface area contributed by atoms with E-state index < -0.39 is 18.0 Å². The first-order valence-electron chi connectivity index (χ1n) is 8.76. The zero-order chi connectivity index (χ0) is 19.8. The Hall–Kier alpha value is -2.74. The third-order valence-corrected chi connectivity index (χ3v) is 3.99. The Morgan fingerprint density at radius 2 is 1.93 bits per heavy atom. The number of esters is 1. The van der Waals surface area contributed by atoms with Crippen LogP contribution in [0.1, 0.15) is 31.9 Å². The molecule has 0 aromatic heterocycles. The molecule has 27 heavy (non-hydrogen) atoms. The molecule has 8 heteroatoms. The minimum absolute atomic E-state index is 0.125. The van der Waals surface area contributed by atoms with Crippen LogP contribution in [0.2, 0.25) is 0 Å². The van der Waals surface area contributed by atoms with Crippen LogP contribution in [0.5, 0.6) is 11.5 Å². The maximum Gasteiger partial charge on any atom is 0.338 e. The highest BCUT2D eigenvalue weighted by Gasteiger charge is 2.32. The lowest BCUT2D eigenvalue weighted by Crippen LogP contribution is -2.45. The van der Waals surface area contributed by atoms with Gasteiger partial charge in [0.1, 0.15) is 6.61 Å². The third-order valence-electron chi connectivity index (χ3n) is 3.99. The van der Waals surface area contributed by atoms with Gasteiger partial charge in [0.2, 0.25) is 0 Å². The molecule has 2 N–H and O–H groups in total. The molecule has 0 spiro atoms. The highest BCUT2D eigenvalue weighted by molar-refractivity contribution is 5.95. The smallest absolute Gasteiger partial charge is 0.338 e. The Balaban J connectivity index is 2.33. The summed E-state index contributed by atoms with van der Waals surface area (Å²) in [6.45, 7) is 4.66. The second-order valence-electron chi connectivity index (χ2n) is 5.96. The molecule has 2 rings (SSSR count). The lowest BCUT2D eigenvalue weighted by molar-refractivity contribution is -0.140. The van der Waals surface area contributed by atoms with Crippen LogP contribution in [0.25, 0.3) is 0 Å². The van der Waals surface area contributed by atoms with Crippen molar-refractivity contribution in [2.45, 2.75) is 26.3 Å². The van der Waals surface area contributed by atoms with Gasteiger partial charge in [0, 0.05) is 12.8 Å². The van der Waals surface area contributed by atoms with E-state index in [9.17, 15) is 9.59 Å². The van der Waals surface area contributed by atoms with Crippen LogP contribution in [0.3, 0.4) is 0 Å². The van der Waals surface area contributed by atoms with Crippen molar-refractivity contribution >= 4 is 12.0 Å². The number of methoxy groups -OCH3 is 2. The highest BCUT2D eigenvalue weighted by Crippen LogP contribution is 2.34. The van der Waals surface area contributed by atoms with Crippen molar-refractivity contribution in [1.29, 1.82) is 0 Å². The fraction of sp³-hybridized carbons (Fsp3) is 0.474. The maximum atomic E-state index is 12.6. The van der Waals surface area contributed by atoms with Gasteiger partial charge >= 0.3 is 12.0 Å². The van der Waals surface area contributed by atoms with Crippen LogP contribution in [-0.4, -0.2) is 46.0 Å². The van der Waals surface area contributed by atoms with E-state index in [4.69, 9.17) is 18.9 Å². The van der Waals surface area contributed by atoms with Gasteiger partial charge in [-0.05, 0) is 31.0 Å². The van der Waals surface area contributed by atoms with Gasteiger partial charge < -0.3 is 29.6 Å². The molecule has 0 bridgehead atoms. The first-order chi connectivity index (χ1) is 13.0. The molecule has 1 aliphatic heterocycles. The first kappa shape index (κ1) is 20.6. The van der Waals surface area contributed by atoms with Crippen molar-refractivity contribution in [1.82, 2.24) is 10.6 Å². The van der Waals surface area contributed by atoms with Crippen LogP contribution >= 0.6 is 0 Å². The minimum Gasteiger partial charge on any atom is -0.493 e. The monoisotopic (exact) mass is 378 g/mol. The quantitative estimate of drug-likeness (QED) is 0.506. The van der Waals surface area contributed by atoms with Crippen LogP contribution in [0.4, 0.5) is 4.79 Å². The largest absolute Gasteiger partial charge is 0.493 e. The van der Waals surface area contributed by atoms with Gasteiger partial charge in [-0.25, -0.2) is 9.59 Å². The zero-order valence-corrected chi connectivity index (χ0v) is 16.1. The number of ether oxygens (including phenoxy) is 4. The van der Waals surface area contributed by atoms with Crippen LogP contribution in [0.15, 0.2) is 29.5 Å². The van der Waals surface area contributed by atoms with E-state index >= 15 is 0 Å². The van der Waals surface area contributed by atoms with Gasteiger partial charge in [0.05, 0.1) is 31.9 Å². The van der Waals surface area contributed by atoms with Crippen molar-refractivity contribution in [3.8, 4) is 11.5 Å². The number of carbonyl (C=O) groups excluding carboxylic acids is 2. The molecule has 1 aromatic rings. The number of nitrogens with one attached hydrogen (secondary N) is 2. The van der Waals surface area contributed by atoms with Crippen LogP contribution in [-0.2, 0) is 14.3 Å². The van der Waals surface area contributed by atoms with Gasteiger partial charge in [-0.3, -0.25) is 0 Å². The number of allylic oxidation sites excluding steroid dienone is 1. The molecular formula is C19H26N2O6. The number of hydrogen-bond donors (Lipinski definition) is 2. The van der Waals surface area contributed by atoms with E-state index in [1.54, 1.807) is 32.2 Å². The fourth-order valence-electron chi connectivity index (χ4n) is 2.70. The molecule has 1 heterocycles. The predicted molar refractivity (Wildman–Crippen MR) is 98.7 cm³/mol. The summed E-state index contributed by atoms with van der Waals surface area (Å²) >= 11 is 0. The number of rotatable bonds is 9. The number of carbonyl (C=O) groups is 2. The fourth-order valence-corrected chi connectivity index (χ4v) is 2.70. The Morgan fingerprint density at radius 3 is 2.59 bits per heavy atom. The Kier molecular flexibility index (Phi) is 7.48. The number of benzene rings is 1. The summed E-state index contributed by atoms with van der Waals surface area (Å²) in [6.07, 6.45) is 0.870. The Labute approximate surface area is 158 Å². The van der Waals surface area contributed by atoms with Gasteiger partial charge in [-0.2, -0.15) is 0 Å². The van der Waals surface area contributed by atoms with Crippen molar-refractivity contribution in [3.05, 3.63) is 35.0 Å². The second-order valence-corrected chi connectivity index (χ2v) is 5.96. The summed E-state index contributed by atoms with van der Waals surface area (Å²) in [5, 5.41) is 5.37. The van der Waals surface area contributed by atoms with E-state index in [1.165, 1.54) is 7.11 Å². The predicted octanol–water partition coefficient (Wildman–Crippen LogP) is 2.30. The molecule has 0 fully saturated rings. The average Bonchev–Trinajstić information content (AvgIpc) is 2.65. The molecule has 148 valence electrons. The van der Waals surface area contributed by atoms with Crippen molar-refractivity contribution in [2.24, 2.45) is 0 Å². The maximum absolute atomic E-state index is 12.6. The molecule has 0 saturated carbocycles. The van der Waals surface area contributed by atoms with Gasteiger partial charge in [-0.15, -0.1) is 0 Å². The summed E-state index contributed by atoms with van der Waals surface area (Å²) < 4.78 is 21.2. The lowest BCUT2D eigenvalue weighted by atomic mass is 9.95. The summed E-state index contributed by atoms with van der Waals surface area (Å²) in [7, 11) is 3.07. The van der Waals surface area contributed by atoms with E-state index in [2.05, 4.69) is 10.6 Å². The molecule has 0 unspecified atom stereocenters. The topological polar surface area (TPSA) is 95.1 Å². The van der Waals surface area contributed by atoms with E-state index in [0.29, 0.717) is 41.5 Å². The van der Waals surface area contributed by atoms with Crippen LogP contribution in [0, 0.1) is 0 Å². The number of urea groups is 1. The van der Waals surface area contributed by atoms with E-state index in [0.717, 1.165) is 6.42 Å². The van der Waals surface area contributed by atoms with Gasteiger partial charge in [-0.1, -0.05) is 13.0 Å². The van der Waals surface area contributed by atoms with Crippen molar-refractivity contribution in [2.75, 3.05) is 34.0 Å². The summed E-state index contributed by atoms with van der Waals surface area (Å²) in [5.74, 6) is 0.610. The summed E-state index contributed by atoms with van der Waals surface area (Å²) in [5.41, 5.74) is 1.45. The summed E-state index contributed by atoms with van der Waals surface area (Å²) in [6, 6.07) is 4.25. The molecule has 2 amide bonds. The molecule has 0 saturated heterocycles. The normalized spacial score (nSPS) is 16.4. The standard InChI is InChI=1S/C19H26N2O6/c1-5-8-26-14-7-6-13(11-15(14)25-4)17-16(12(2)20-19(23)21-17)18(22)27-10-9-24-3/h6-7,11,17H,5,8-10H2,1-4H3,(H2,20,21,23)/t17-/m0/s1. The van der Waals surface area contributed by atoms with Crippen LogP contribution < -0.4 is 20.1 Å². The number of hydrogen-bond acceptors (Lipinski definition) is 6. The van der Waals surface area contributed by atoms with Gasteiger partial charge in [0.25, 0.3) is 0 Å². The van der Waals surface area contributed by atoms with E-state index in [1.807, 2.05) is 6.92 Å². The molecule has 1 aliphatic rings. The van der Waals surface area contributed by atoms with E-state index in [-0.39, 0.29) is 6.61 Å². The molecule has 1 aromatic carbocycles. The van der Waals surface area contributed by atoms with Crippen molar-refractivity contribution in [3.63, 3.8) is 0 Å². The number of amides is 2. The summed E-state index contributed by atoms with van der Waals surface area (Å²) in [4.78, 5) is 24.5. The molecule has 0 aliphatic carbocycles. The lowest BCUT2D eigenvalue weighted by Gasteiger charge is -2.28. The Bertz CT molecular complexity index is 716. The Morgan fingerprint density at radius 1 is 1.15 bits per heavy atom. The molecule has 0 radical (unpaired) electrons. The van der Waals surface area contributed by atoms with Gasteiger partial charge in [0.15, 0.2) is 11.5 Å².